The van der Waals surface area contributed by atoms with Gasteiger partial charge in [-0.3, -0.25) is 0 Å². The lowest BCUT2D eigenvalue weighted by Gasteiger charge is -2.44. The molecule has 0 amide bonds. The molecule has 0 bridgehead atoms. The van der Waals surface area contributed by atoms with Crippen LogP contribution < -0.4 is 0 Å². The molecule has 4 heteroatoms. The molecule has 4 nitrogen and oxygen atoms in total. The summed E-state index contributed by atoms with van der Waals surface area (Å²) >= 11 is 0. The third-order valence-electron chi connectivity index (χ3n) is 9.02. The summed E-state index contributed by atoms with van der Waals surface area (Å²) in [4.78, 5) is 11.4. The van der Waals surface area contributed by atoms with Crippen molar-refractivity contribution in [1.82, 2.24) is 0 Å². The van der Waals surface area contributed by atoms with E-state index in [4.69, 9.17) is 9.78 Å². The molecular formula is C27H38O4. The first-order valence-electron chi connectivity index (χ1n) is 12.4. The van der Waals surface area contributed by atoms with E-state index < -0.39 is 12.2 Å². The number of aliphatic hydroxyl groups excluding tert-OH is 2. The fourth-order valence-electron chi connectivity index (χ4n) is 6.98. The zero-order valence-electron chi connectivity index (χ0n) is 19.1. The molecule has 4 aliphatic carbocycles. The molecule has 2 N–H and O–H groups in total. The Balaban J connectivity index is 1.33. The Labute approximate surface area is 186 Å². The van der Waals surface area contributed by atoms with Gasteiger partial charge in [-0.1, -0.05) is 38.2 Å². The topological polar surface area (TPSA) is 58.9 Å². The molecule has 1 unspecified atom stereocenters. The van der Waals surface area contributed by atoms with E-state index in [0.29, 0.717) is 41.9 Å². The van der Waals surface area contributed by atoms with Gasteiger partial charge in [0.2, 0.25) is 0 Å². The molecule has 1 aliphatic heterocycles. The van der Waals surface area contributed by atoms with E-state index in [1.165, 1.54) is 44.1 Å². The van der Waals surface area contributed by atoms with Crippen molar-refractivity contribution in [3.05, 3.63) is 47.3 Å². The van der Waals surface area contributed by atoms with Crippen LogP contribution in [0, 0.1) is 29.1 Å². The molecule has 4 saturated carbocycles. The minimum absolute atomic E-state index is 0.0844. The van der Waals surface area contributed by atoms with Gasteiger partial charge in [0, 0.05) is 12.3 Å². The van der Waals surface area contributed by atoms with Crippen LogP contribution in [0.15, 0.2) is 47.3 Å². The van der Waals surface area contributed by atoms with Crippen molar-refractivity contribution in [3.8, 4) is 0 Å². The highest BCUT2D eigenvalue weighted by atomic mass is 17.2. The van der Waals surface area contributed by atoms with Crippen molar-refractivity contribution < 1.29 is 20.0 Å². The zero-order valence-corrected chi connectivity index (χ0v) is 19.1. The average molecular weight is 427 g/mol. The molecule has 0 radical (unpaired) electrons. The molecule has 31 heavy (non-hydrogen) atoms. The number of hydrogen-bond acceptors (Lipinski definition) is 4. The monoisotopic (exact) mass is 426 g/mol. The molecule has 0 aromatic rings. The van der Waals surface area contributed by atoms with Crippen LogP contribution in [0.1, 0.15) is 71.6 Å². The third-order valence-corrected chi connectivity index (χ3v) is 9.02. The van der Waals surface area contributed by atoms with Crippen LogP contribution in [-0.2, 0) is 9.78 Å². The molecule has 0 spiro atoms. The van der Waals surface area contributed by atoms with Crippen LogP contribution >= 0.6 is 0 Å². The second kappa shape index (κ2) is 8.20. The van der Waals surface area contributed by atoms with Gasteiger partial charge in [-0.2, -0.15) is 4.89 Å². The van der Waals surface area contributed by atoms with Crippen molar-refractivity contribution in [2.45, 2.75) is 89.9 Å². The second-order valence-corrected chi connectivity index (χ2v) is 11.0. The van der Waals surface area contributed by atoms with Gasteiger partial charge in [-0.25, -0.2) is 0 Å². The van der Waals surface area contributed by atoms with Gasteiger partial charge in [0.05, 0.1) is 12.2 Å². The maximum Gasteiger partial charge on any atom is 0.144 e. The Hall–Kier alpha value is -1.36. The van der Waals surface area contributed by atoms with E-state index in [9.17, 15) is 10.2 Å². The summed E-state index contributed by atoms with van der Waals surface area (Å²) in [7, 11) is 0. The molecule has 0 saturated heterocycles. The predicted octanol–water partition coefficient (Wildman–Crippen LogP) is 5.39. The SMILES string of the molecule is C=C1/C(=C\C=C2/CCC[C@]3(C)[C@@H]([C@H](C)C4C=C(C5CC5)OO4)CC[C@@H]23)C[C@@H](O)C[C@@H]1O. The lowest BCUT2D eigenvalue weighted by atomic mass is 9.60. The molecule has 5 aliphatic rings. The zero-order chi connectivity index (χ0) is 21.8. The van der Waals surface area contributed by atoms with Gasteiger partial charge >= 0.3 is 0 Å². The molecule has 5 rings (SSSR count). The summed E-state index contributed by atoms with van der Waals surface area (Å²) in [5.74, 6) is 3.36. The lowest BCUT2D eigenvalue weighted by molar-refractivity contribution is -0.278. The molecule has 170 valence electrons. The standard InChI is InChI=1S/C27H38O4/c1-16-20(13-21(28)14-24(16)29)9-6-18-5-4-12-27(3)22(10-11-23(18)27)17(2)25-15-26(31-30-25)19-7-8-19/h6,9,15,17,19,21-25,28-29H,1,4-5,7-8,10-14H2,2-3H3/b18-6+,20-9-/t17-,21+,22+,23-,24-,25?,27+/m0/s1. The number of aliphatic hydroxyl groups is 2. The Bertz CT molecular complexity index is 819. The molecular weight excluding hydrogens is 388 g/mol. The van der Waals surface area contributed by atoms with Gasteiger partial charge < -0.3 is 15.1 Å². The van der Waals surface area contributed by atoms with Gasteiger partial charge in [0.25, 0.3) is 0 Å². The van der Waals surface area contributed by atoms with E-state index in [0.717, 1.165) is 23.3 Å². The number of allylic oxidation sites excluding steroid dienone is 4. The van der Waals surface area contributed by atoms with Crippen LogP contribution in [-0.4, -0.2) is 28.5 Å². The van der Waals surface area contributed by atoms with Crippen molar-refractivity contribution in [1.29, 1.82) is 0 Å². The summed E-state index contributed by atoms with van der Waals surface area (Å²) in [5.41, 5.74) is 3.61. The van der Waals surface area contributed by atoms with E-state index in [1.807, 2.05) is 0 Å². The lowest BCUT2D eigenvalue weighted by Crippen LogP contribution is -2.39. The van der Waals surface area contributed by atoms with Crippen molar-refractivity contribution in [2.75, 3.05) is 0 Å². The fraction of sp³-hybridized carbons (Fsp3) is 0.704. The summed E-state index contributed by atoms with van der Waals surface area (Å²) in [6.45, 7) is 8.92. The van der Waals surface area contributed by atoms with E-state index in [2.05, 4.69) is 38.7 Å². The minimum Gasteiger partial charge on any atom is -0.393 e. The highest BCUT2D eigenvalue weighted by Crippen LogP contribution is 2.60. The van der Waals surface area contributed by atoms with E-state index in [1.54, 1.807) is 0 Å². The highest BCUT2D eigenvalue weighted by molar-refractivity contribution is 5.38. The molecule has 7 atom stereocenters. The molecule has 4 fully saturated rings. The quantitative estimate of drug-likeness (QED) is 0.592. The maximum atomic E-state index is 10.2. The Kier molecular flexibility index (Phi) is 5.69. The Morgan fingerprint density at radius 2 is 2.00 bits per heavy atom. The second-order valence-electron chi connectivity index (χ2n) is 11.0. The normalized spacial score (nSPS) is 44.3. The summed E-state index contributed by atoms with van der Waals surface area (Å²) in [6.07, 6.45) is 15.3. The van der Waals surface area contributed by atoms with Crippen LogP contribution in [0.2, 0.25) is 0 Å². The first-order valence-corrected chi connectivity index (χ1v) is 12.4. The van der Waals surface area contributed by atoms with Crippen LogP contribution in [0.3, 0.4) is 0 Å². The van der Waals surface area contributed by atoms with E-state index in [-0.39, 0.29) is 6.10 Å². The van der Waals surface area contributed by atoms with Gasteiger partial charge in [0.1, 0.15) is 11.9 Å². The summed E-state index contributed by atoms with van der Waals surface area (Å²) in [6, 6.07) is 0. The maximum absolute atomic E-state index is 10.2. The van der Waals surface area contributed by atoms with Crippen molar-refractivity contribution >= 4 is 0 Å². The van der Waals surface area contributed by atoms with Crippen LogP contribution in [0.4, 0.5) is 0 Å². The third kappa shape index (κ3) is 3.96. The highest BCUT2D eigenvalue weighted by Gasteiger charge is 2.52. The van der Waals surface area contributed by atoms with Gasteiger partial charge in [-0.15, -0.1) is 0 Å². The first-order chi connectivity index (χ1) is 14.9. The predicted molar refractivity (Wildman–Crippen MR) is 121 cm³/mol. The van der Waals surface area contributed by atoms with Gasteiger partial charge in [0.15, 0.2) is 0 Å². The minimum atomic E-state index is -0.621. The van der Waals surface area contributed by atoms with Crippen LogP contribution in [0.25, 0.3) is 0 Å². The van der Waals surface area contributed by atoms with E-state index >= 15 is 0 Å². The fourth-order valence-corrected chi connectivity index (χ4v) is 6.98. The number of hydrogen-bond donors (Lipinski definition) is 2. The molecule has 0 aromatic heterocycles. The number of rotatable bonds is 4. The molecule has 1 heterocycles. The van der Waals surface area contributed by atoms with Crippen LogP contribution in [0.5, 0.6) is 0 Å². The Morgan fingerprint density at radius 1 is 1.19 bits per heavy atom. The van der Waals surface area contributed by atoms with Crippen molar-refractivity contribution in [3.63, 3.8) is 0 Å². The Morgan fingerprint density at radius 3 is 2.77 bits per heavy atom. The average Bonchev–Trinajstić information content (AvgIpc) is 3.35. The first kappa shape index (κ1) is 21.5. The summed E-state index contributed by atoms with van der Waals surface area (Å²) < 4.78 is 0. The van der Waals surface area contributed by atoms with Gasteiger partial charge in [-0.05, 0) is 91.8 Å². The summed E-state index contributed by atoms with van der Waals surface area (Å²) in [5, 5.41) is 20.2. The molecule has 0 aromatic carbocycles. The smallest absolute Gasteiger partial charge is 0.144 e. The largest absolute Gasteiger partial charge is 0.393 e. The number of fused-ring (bicyclic) bond motifs is 1. The van der Waals surface area contributed by atoms with Crippen molar-refractivity contribution in [2.24, 2.45) is 29.1 Å².